The summed E-state index contributed by atoms with van der Waals surface area (Å²) in [7, 11) is 0. The predicted octanol–water partition coefficient (Wildman–Crippen LogP) is 6.60. The monoisotopic (exact) mass is 540 g/mol. The lowest BCUT2D eigenvalue weighted by Gasteiger charge is -2.45. The van der Waals surface area contributed by atoms with Gasteiger partial charge >= 0.3 is 0 Å². The number of nitrogens with zero attached hydrogens (tertiary/aromatic N) is 4. The first kappa shape index (κ1) is 25.1. The van der Waals surface area contributed by atoms with E-state index in [4.69, 9.17) is 34.8 Å². The highest BCUT2D eigenvalue weighted by Gasteiger charge is 2.34. The fourth-order valence-electron chi connectivity index (χ4n) is 4.89. The number of halogens is 3. The third-order valence-electron chi connectivity index (χ3n) is 6.76. The van der Waals surface area contributed by atoms with Crippen LogP contribution in [0.15, 0.2) is 85.5 Å². The molecule has 1 aliphatic heterocycles. The van der Waals surface area contributed by atoms with Crippen LogP contribution in [-0.2, 0) is 5.60 Å². The molecule has 1 saturated heterocycles. The molecule has 0 saturated carbocycles. The number of hydrogen-bond acceptors (Lipinski definition) is 4. The van der Waals surface area contributed by atoms with Gasteiger partial charge in [-0.15, -0.1) is 0 Å². The van der Waals surface area contributed by atoms with Crippen LogP contribution in [0.1, 0.15) is 24.1 Å². The molecule has 0 aliphatic carbocycles. The van der Waals surface area contributed by atoms with Gasteiger partial charge in [-0.3, -0.25) is 4.90 Å². The predicted molar refractivity (Wildman–Crippen MR) is 148 cm³/mol. The molecule has 0 spiro atoms. The molecular weight excluding hydrogens is 515 g/mol. The summed E-state index contributed by atoms with van der Waals surface area (Å²) < 4.78 is 1.94. The first-order chi connectivity index (χ1) is 17.3. The van der Waals surface area contributed by atoms with Crippen molar-refractivity contribution >= 4 is 40.5 Å². The van der Waals surface area contributed by atoms with Crippen molar-refractivity contribution in [1.82, 2.24) is 14.5 Å². The van der Waals surface area contributed by atoms with Crippen LogP contribution in [0.25, 0.3) is 5.69 Å². The summed E-state index contributed by atoms with van der Waals surface area (Å²) in [6.45, 7) is 4.64. The summed E-state index contributed by atoms with van der Waals surface area (Å²) in [5.41, 5.74) is 2.95. The second-order valence-electron chi connectivity index (χ2n) is 9.38. The van der Waals surface area contributed by atoms with Gasteiger partial charge < -0.3 is 14.6 Å². The summed E-state index contributed by atoms with van der Waals surface area (Å²) in [6, 6.07) is 21.6. The highest BCUT2D eigenvalue weighted by Crippen LogP contribution is 2.37. The molecular formula is C28H27Cl3N4O. The molecule has 0 bridgehead atoms. The van der Waals surface area contributed by atoms with E-state index in [1.165, 1.54) is 0 Å². The molecule has 1 fully saturated rings. The number of imidazole rings is 1. The van der Waals surface area contributed by atoms with Crippen LogP contribution in [0.2, 0.25) is 15.1 Å². The first-order valence-corrected chi connectivity index (χ1v) is 12.9. The fourth-order valence-corrected chi connectivity index (χ4v) is 5.53. The topological polar surface area (TPSA) is 44.5 Å². The standard InChI is InChI=1S/C28H27Cl3N4O/c1-28(36,21-4-9-24(10-5-21)34-13-12-32-19-34)18-33-14-15-35(26-11-8-23(30)16-25(26)31)27(17-33)20-2-6-22(29)7-3-20/h2-13,16,19,27,36H,14-15,17-18H2,1H3/t27-,28?/m0/s1. The van der Waals surface area contributed by atoms with Gasteiger partial charge in [0, 0.05) is 54.3 Å². The van der Waals surface area contributed by atoms with Gasteiger partial charge in [-0.05, 0) is 60.5 Å². The van der Waals surface area contributed by atoms with E-state index in [-0.39, 0.29) is 6.04 Å². The van der Waals surface area contributed by atoms with E-state index < -0.39 is 5.60 Å². The zero-order chi connectivity index (χ0) is 25.3. The molecule has 0 amide bonds. The van der Waals surface area contributed by atoms with E-state index in [1.54, 1.807) is 18.6 Å². The summed E-state index contributed by atoms with van der Waals surface area (Å²) in [5.74, 6) is 0. The largest absolute Gasteiger partial charge is 0.384 e. The molecule has 8 heteroatoms. The third-order valence-corrected chi connectivity index (χ3v) is 7.55. The Morgan fingerprint density at radius 1 is 0.944 bits per heavy atom. The molecule has 3 aromatic carbocycles. The maximum absolute atomic E-state index is 11.5. The van der Waals surface area contributed by atoms with Gasteiger partial charge in [0.15, 0.2) is 0 Å². The highest BCUT2D eigenvalue weighted by molar-refractivity contribution is 6.36. The molecule has 1 unspecified atom stereocenters. The van der Waals surface area contributed by atoms with Crippen molar-refractivity contribution in [2.24, 2.45) is 0 Å². The van der Waals surface area contributed by atoms with E-state index in [0.717, 1.165) is 42.1 Å². The van der Waals surface area contributed by atoms with E-state index in [1.807, 2.05) is 66.2 Å². The highest BCUT2D eigenvalue weighted by atomic mass is 35.5. The Hall–Kier alpha value is -2.54. The van der Waals surface area contributed by atoms with Gasteiger partial charge in [0.2, 0.25) is 0 Å². The molecule has 5 rings (SSSR count). The Balaban J connectivity index is 1.37. The minimum atomic E-state index is -1.02. The lowest BCUT2D eigenvalue weighted by Crippen LogP contribution is -2.52. The van der Waals surface area contributed by atoms with Crippen LogP contribution in [0, 0.1) is 0 Å². The van der Waals surface area contributed by atoms with E-state index in [9.17, 15) is 5.11 Å². The zero-order valence-corrected chi connectivity index (χ0v) is 22.1. The maximum atomic E-state index is 11.5. The van der Waals surface area contributed by atoms with Crippen molar-refractivity contribution in [2.45, 2.75) is 18.6 Å². The van der Waals surface area contributed by atoms with Gasteiger partial charge in [0.05, 0.1) is 28.7 Å². The van der Waals surface area contributed by atoms with E-state index >= 15 is 0 Å². The normalized spacial score (nSPS) is 18.2. The Kier molecular flexibility index (Phi) is 7.29. The second-order valence-corrected chi connectivity index (χ2v) is 10.7. The molecule has 5 nitrogen and oxygen atoms in total. The second kappa shape index (κ2) is 10.4. The van der Waals surface area contributed by atoms with Gasteiger partial charge in [-0.2, -0.15) is 0 Å². The molecule has 1 N–H and O–H groups in total. The average Bonchev–Trinajstić information content (AvgIpc) is 3.40. The van der Waals surface area contributed by atoms with Gasteiger partial charge in [-0.25, -0.2) is 4.98 Å². The van der Waals surface area contributed by atoms with Crippen molar-refractivity contribution in [2.75, 3.05) is 31.1 Å². The third kappa shape index (κ3) is 5.41. The lowest BCUT2D eigenvalue weighted by atomic mass is 9.93. The molecule has 36 heavy (non-hydrogen) atoms. The van der Waals surface area contributed by atoms with Crippen LogP contribution < -0.4 is 4.90 Å². The maximum Gasteiger partial charge on any atom is 0.0994 e. The summed E-state index contributed by atoms with van der Waals surface area (Å²) in [6.07, 6.45) is 5.41. The summed E-state index contributed by atoms with van der Waals surface area (Å²) >= 11 is 18.9. The van der Waals surface area contributed by atoms with Crippen LogP contribution in [0.3, 0.4) is 0 Å². The molecule has 2 atom stereocenters. The van der Waals surface area contributed by atoms with Crippen molar-refractivity contribution in [1.29, 1.82) is 0 Å². The van der Waals surface area contributed by atoms with Gasteiger partial charge in [-0.1, -0.05) is 59.1 Å². The van der Waals surface area contributed by atoms with Crippen molar-refractivity contribution in [3.05, 3.63) is 112 Å². The minimum Gasteiger partial charge on any atom is -0.384 e. The van der Waals surface area contributed by atoms with Crippen LogP contribution in [0.5, 0.6) is 0 Å². The number of aliphatic hydroxyl groups is 1. The average molecular weight is 542 g/mol. The molecule has 186 valence electrons. The number of rotatable bonds is 6. The number of anilines is 1. The summed E-state index contributed by atoms with van der Waals surface area (Å²) in [4.78, 5) is 8.72. The Morgan fingerprint density at radius 3 is 2.33 bits per heavy atom. The van der Waals surface area contributed by atoms with Crippen molar-refractivity contribution < 1.29 is 5.11 Å². The van der Waals surface area contributed by atoms with Gasteiger partial charge in [0.1, 0.15) is 0 Å². The molecule has 1 aliphatic rings. The SMILES string of the molecule is CC(O)(CN1CCN(c2ccc(Cl)cc2Cl)[C@H](c2ccc(Cl)cc2)C1)c1ccc(-n2ccnc2)cc1. The van der Waals surface area contributed by atoms with Crippen molar-refractivity contribution in [3.63, 3.8) is 0 Å². The lowest BCUT2D eigenvalue weighted by molar-refractivity contribution is 0.0103. The Labute approximate surface area is 226 Å². The van der Waals surface area contributed by atoms with Crippen LogP contribution in [0.4, 0.5) is 5.69 Å². The number of benzene rings is 3. The zero-order valence-electron chi connectivity index (χ0n) is 19.9. The molecule has 4 aromatic rings. The fraction of sp³-hybridized carbons (Fsp3) is 0.250. The van der Waals surface area contributed by atoms with E-state index in [0.29, 0.717) is 21.6 Å². The molecule has 0 radical (unpaired) electrons. The number of β-amino-alcohol motifs (C(OH)–C–C–N with tert-alkyl or cyclic N) is 1. The van der Waals surface area contributed by atoms with Crippen molar-refractivity contribution in [3.8, 4) is 5.69 Å². The smallest absolute Gasteiger partial charge is 0.0994 e. The summed E-state index contributed by atoms with van der Waals surface area (Å²) in [5, 5.41) is 13.4. The number of hydrogen-bond donors (Lipinski definition) is 1. The van der Waals surface area contributed by atoms with Crippen LogP contribution in [-0.4, -0.2) is 45.7 Å². The van der Waals surface area contributed by atoms with Crippen LogP contribution >= 0.6 is 34.8 Å². The Morgan fingerprint density at radius 2 is 1.67 bits per heavy atom. The molecule has 1 aromatic heterocycles. The number of aromatic nitrogens is 2. The van der Waals surface area contributed by atoms with E-state index in [2.05, 4.69) is 26.9 Å². The first-order valence-electron chi connectivity index (χ1n) is 11.8. The quantitative estimate of drug-likeness (QED) is 0.299. The van der Waals surface area contributed by atoms with Gasteiger partial charge in [0.25, 0.3) is 0 Å². The Bertz CT molecular complexity index is 1310. The minimum absolute atomic E-state index is 0.0362. The number of piperazine rings is 1. The molecule has 2 heterocycles.